The lowest BCUT2D eigenvalue weighted by Gasteiger charge is -2.20. The molecule has 0 bridgehead atoms. The zero-order valence-electron chi connectivity index (χ0n) is 17.5. The van der Waals surface area contributed by atoms with Crippen LogP contribution in [0.5, 0.6) is 5.75 Å². The summed E-state index contributed by atoms with van der Waals surface area (Å²) in [6, 6.07) is 41.2. The summed E-state index contributed by atoms with van der Waals surface area (Å²) >= 11 is 0. The van der Waals surface area contributed by atoms with Crippen LogP contribution in [0.25, 0.3) is 10.8 Å². The molecule has 0 heterocycles. The van der Waals surface area contributed by atoms with E-state index in [9.17, 15) is 5.11 Å². The molecule has 0 saturated carbocycles. The van der Waals surface area contributed by atoms with Gasteiger partial charge in [0.25, 0.3) is 0 Å². The first-order chi connectivity index (χ1) is 15.8. The summed E-state index contributed by atoms with van der Waals surface area (Å²) in [7, 11) is -0.766. The number of fused-ring (bicyclic) bond motifs is 1. The summed E-state index contributed by atoms with van der Waals surface area (Å²) in [6.45, 7) is 0. The Bertz CT molecular complexity index is 1340. The molecule has 5 aromatic rings. The van der Waals surface area contributed by atoms with Gasteiger partial charge in [-0.15, -0.1) is 0 Å². The quantitative estimate of drug-likeness (QED) is 0.267. The minimum atomic E-state index is -0.766. The zero-order chi connectivity index (χ0) is 21.8. The topological polar surface area (TPSA) is 32.6 Å². The fraction of sp³-hybridized carbons (Fsp3) is 0. The van der Waals surface area contributed by atoms with Crippen LogP contribution in [0.4, 0.5) is 5.69 Å². The van der Waals surface area contributed by atoms with Gasteiger partial charge in [-0.05, 0) is 41.4 Å². The van der Waals surface area contributed by atoms with Gasteiger partial charge in [-0.1, -0.05) is 109 Å². The van der Waals surface area contributed by atoms with E-state index in [4.69, 9.17) is 4.99 Å². The minimum absolute atomic E-state index is 0.235. The third-order valence-corrected chi connectivity index (χ3v) is 7.92. The third-order valence-electron chi connectivity index (χ3n) is 5.43. The Morgan fingerprint density at radius 1 is 0.594 bits per heavy atom. The predicted octanol–water partition coefficient (Wildman–Crippen LogP) is 6.05. The standard InChI is InChI=1S/C29H22NOP/c31-28-20-19-22-11-7-8-16-25(22)26(28)21-30-27-17-9-10-18-29(27)32(23-12-3-1-4-13-23)24-14-5-2-6-15-24/h1-21,31H. The van der Waals surface area contributed by atoms with Gasteiger partial charge in [0.05, 0.1) is 5.69 Å². The molecule has 0 aliphatic carbocycles. The number of phenolic OH excluding ortho intramolecular Hbond substituents is 1. The molecule has 0 fully saturated rings. The summed E-state index contributed by atoms with van der Waals surface area (Å²) in [6.07, 6.45) is 1.79. The van der Waals surface area contributed by atoms with E-state index in [1.165, 1.54) is 15.9 Å². The number of para-hydroxylation sites is 1. The Hall–Kier alpha value is -3.74. The van der Waals surface area contributed by atoms with Crippen molar-refractivity contribution in [2.24, 2.45) is 4.99 Å². The van der Waals surface area contributed by atoms with Crippen LogP contribution < -0.4 is 15.9 Å². The summed E-state index contributed by atoms with van der Waals surface area (Å²) in [5.74, 6) is 0.235. The van der Waals surface area contributed by atoms with Crippen LogP contribution in [0, 0.1) is 0 Å². The molecule has 0 unspecified atom stereocenters. The molecule has 154 valence electrons. The first kappa shape index (κ1) is 20.2. The van der Waals surface area contributed by atoms with Crippen LogP contribution >= 0.6 is 7.92 Å². The van der Waals surface area contributed by atoms with E-state index in [0.29, 0.717) is 0 Å². The minimum Gasteiger partial charge on any atom is -0.507 e. The lowest BCUT2D eigenvalue weighted by Crippen LogP contribution is -2.20. The van der Waals surface area contributed by atoms with E-state index in [1.54, 1.807) is 12.3 Å². The molecule has 1 N–H and O–H groups in total. The Morgan fingerprint density at radius 2 is 1.19 bits per heavy atom. The first-order valence-corrected chi connectivity index (χ1v) is 11.9. The molecule has 0 radical (unpaired) electrons. The highest BCUT2D eigenvalue weighted by Crippen LogP contribution is 2.36. The molecular weight excluding hydrogens is 409 g/mol. The number of benzene rings is 5. The van der Waals surface area contributed by atoms with Gasteiger partial charge in [-0.2, -0.15) is 0 Å². The van der Waals surface area contributed by atoms with E-state index in [0.717, 1.165) is 22.0 Å². The first-order valence-electron chi connectivity index (χ1n) is 10.6. The number of hydrogen-bond donors (Lipinski definition) is 1. The highest BCUT2D eigenvalue weighted by Gasteiger charge is 2.19. The maximum absolute atomic E-state index is 10.5. The van der Waals surface area contributed by atoms with Gasteiger partial charge in [0, 0.05) is 17.1 Å². The second-order valence-electron chi connectivity index (χ2n) is 7.47. The van der Waals surface area contributed by atoms with Gasteiger partial charge in [0.15, 0.2) is 0 Å². The second kappa shape index (κ2) is 9.18. The van der Waals surface area contributed by atoms with Gasteiger partial charge in [-0.25, -0.2) is 0 Å². The van der Waals surface area contributed by atoms with Crippen LogP contribution in [-0.2, 0) is 0 Å². The molecule has 0 amide bonds. The number of rotatable bonds is 5. The van der Waals surface area contributed by atoms with Crippen LogP contribution in [-0.4, -0.2) is 11.3 Å². The fourth-order valence-electron chi connectivity index (χ4n) is 3.90. The Labute approximate surface area is 189 Å². The molecule has 5 rings (SSSR count). The molecule has 0 atom stereocenters. The van der Waals surface area contributed by atoms with E-state index in [2.05, 4.69) is 78.9 Å². The normalized spacial score (nSPS) is 11.4. The Kier molecular flexibility index (Phi) is 5.79. The van der Waals surface area contributed by atoms with Gasteiger partial charge < -0.3 is 5.11 Å². The molecular formula is C29H22NOP. The molecule has 32 heavy (non-hydrogen) atoms. The third kappa shape index (κ3) is 4.06. The van der Waals surface area contributed by atoms with Crippen molar-refractivity contribution in [3.8, 4) is 5.75 Å². The average Bonchev–Trinajstić information content (AvgIpc) is 2.86. The lowest BCUT2D eigenvalue weighted by atomic mass is 10.0. The Balaban J connectivity index is 1.64. The van der Waals surface area contributed by atoms with E-state index in [1.807, 2.05) is 36.4 Å². The second-order valence-corrected chi connectivity index (χ2v) is 9.66. The number of aliphatic imine (C=N–C) groups is 1. The maximum Gasteiger partial charge on any atom is 0.124 e. The molecule has 0 aliphatic heterocycles. The highest BCUT2D eigenvalue weighted by atomic mass is 31.1. The Morgan fingerprint density at radius 3 is 1.91 bits per heavy atom. The van der Waals surface area contributed by atoms with Gasteiger partial charge in [-0.3, -0.25) is 4.99 Å². The SMILES string of the molecule is Oc1ccc2ccccc2c1C=Nc1ccccc1P(c1ccccc1)c1ccccc1. The average molecular weight is 431 g/mol. The van der Waals surface area contributed by atoms with Crippen molar-refractivity contribution in [3.05, 3.63) is 127 Å². The summed E-state index contributed by atoms with van der Waals surface area (Å²) in [4.78, 5) is 4.89. The van der Waals surface area contributed by atoms with Crippen LogP contribution in [0.3, 0.4) is 0 Å². The van der Waals surface area contributed by atoms with Gasteiger partial charge >= 0.3 is 0 Å². The van der Waals surface area contributed by atoms with E-state index >= 15 is 0 Å². The fourth-order valence-corrected chi connectivity index (χ4v) is 6.29. The predicted molar refractivity (Wildman–Crippen MR) is 138 cm³/mol. The molecule has 0 aliphatic rings. The molecule has 3 heteroatoms. The van der Waals surface area contributed by atoms with Crippen molar-refractivity contribution in [2.75, 3.05) is 0 Å². The van der Waals surface area contributed by atoms with Crippen molar-refractivity contribution in [1.82, 2.24) is 0 Å². The lowest BCUT2D eigenvalue weighted by molar-refractivity contribution is 0.475. The van der Waals surface area contributed by atoms with Crippen LogP contribution in [0.1, 0.15) is 5.56 Å². The van der Waals surface area contributed by atoms with E-state index in [-0.39, 0.29) is 5.75 Å². The summed E-state index contributed by atoms with van der Waals surface area (Å²) < 4.78 is 0. The molecule has 0 spiro atoms. The summed E-state index contributed by atoms with van der Waals surface area (Å²) in [5.41, 5.74) is 1.65. The number of phenols is 1. The van der Waals surface area contributed by atoms with Crippen molar-refractivity contribution >= 4 is 46.5 Å². The largest absolute Gasteiger partial charge is 0.507 e. The molecule has 0 aromatic heterocycles. The van der Waals surface area contributed by atoms with Crippen molar-refractivity contribution < 1.29 is 5.11 Å². The number of aromatic hydroxyl groups is 1. The molecule has 0 saturated heterocycles. The smallest absolute Gasteiger partial charge is 0.124 e. The maximum atomic E-state index is 10.5. The number of hydrogen-bond acceptors (Lipinski definition) is 2. The molecule has 5 aromatic carbocycles. The monoisotopic (exact) mass is 431 g/mol. The van der Waals surface area contributed by atoms with Crippen molar-refractivity contribution in [2.45, 2.75) is 0 Å². The van der Waals surface area contributed by atoms with Crippen molar-refractivity contribution in [1.29, 1.82) is 0 Å². The highest BCUT2D eigenvalue weighted by molar-refractivity contribution is 7.80. The summed E-state index contributed by atoms with van der Waals surface area (Å²) in [5, 5.41) is 16.4. The zero-order valence-corrected chi connectivity index (χ0v) is 18.4. The van der Waals surface area contributed by atoms with Crippen molar-refractivity contribution in [3.63, 3.8) is 0 Å². The van der Waals surface area contributed by atoms with Gasteiger partial charge in [0.1, 0.15) is 5.75 Å². The van der Waals surface area contributed by atoms with Crippen LogP contribution in [0.2, 0.25) is 0 Å². The van der Waals surface area contributed by atoms with Gasteiger partial charge in [0.2, 0.25) is 0 Å². The van der Waals surface area contributed by atoms with Crippen LogP contribution in [0.15, 0.2) is 126 Å². The molecule has 2 nitrogen and oxygen atoms in total. The number of nitrogens with zero attached hydrogens (tertiary/aromatic N) is 1. The van der Waals surface area contributed by atoms with E-state index < -0.39 is 7.92 Å².